The predicted molar refractivity (Wildman–Crippen MR) is 162 cm³/mol. The van der Waals surface area contributed by atoms with Gasteiger partial charge in [-0.3, -0.25) is 9.89 Å². The number of fused-ring (bicyclic) bond motifs is 1. The van der Waals surface area contributed by atoms with Crippen molar-refractivity contribution in [3.8, 4) is 17.5 Å². The second-order valence-corrected chi connectivity index (χ2v) is 15.2. The average Bonchev–Trinajstić information content (AvgIpc) is 3.39. The number of hydrogen-bond acceptors (Lipinski definition) is 5. The van der Waals surface area contributed by atoms with E-state index in [1.54, 1.807) is 0 Å². The number of nitriles is 1. The summed E-state index contributed by atoms with van der Waals surface area (Å²) < 4.78 is 7.92. The van der Waals surface area contributed by atoms with Gasteiger partial charge in [0.1, 0.15) is 23.4 Å². The van der Waals surface area contributed by atoms with Crippen LogP contribution in [-0.2, 0) is 10.2 Å². The third-order valence-corrected chi connectivity index (χ3v) is 8.83. The fourth-order valence-electron chi connectivity index (χ4n) is 6.46. The zero-order valence-corrected chi connectivity index (χ0v) is 26.6. The summed E-state index contributed by atoms with van der Waals surface area (Å²) in [5.41, 5.74) is 2.22. The van der Waals surface area contributed by atoms with E-state index in [0.29, 0.717) is 11.7 Å². The monoisotopic (exact) mass is 558 g/mol. The van der Waals surface area contributed by atoms with Gasteiger partial charge in [-0.05, 0) is 40.6 Å². The third-order valence-electron chi connectivity index (χ3n) is 8.83. The van der Waals surface area contributed by atoms with Gasteiger partial charge in [-0.15, -0.1) is 0 Å². The number of ether oxygens (including phenoxy) is 1. The Hall–Kier alpha value is -3.40. The van der Waals surface area contributed by atoms with Gasteiger partial charge < -0.3 is 4.74 Å². The zero-order chi connectivity index (χ0) is 30.7. The number of rotatable bonds is 4. The average molecular weight is 559 g/mol. The number of nitrogens with zero attached hydrogens (tertiary/aromatic N) is 3. The summed E-state index contributed by atoms with van der Waals surface area (Å²) >= 11 is 0. The number of H-pyrrole nitrogens is 1. The number of carbonyl (C=O) groups is 2. The van der Waals surface area contributed by atoms with Crippen molar-refractivity contribution in [1.29, 1.82) is 5.26 Å². The van der Waals surface area contributed by atoms with Crippen LogP contribution in [0.25, 0.3) is 17.0 Å². The fraction of sp³-hybridized carbons (Fsp3) is 0.588. The van der Waals surface area contributed by atoms with Crippen LogP contribution in [0.3, 0.4) is 0 Å². The lowest BCUT2D eigenvalue weighted by molar-refractivity contribution is -0.0922. The quantitative estimate of drug-likeness (QED) is 0.258. The van der Waals surface area contributed by atoms with Crippen LogP contribution in [0, 0.1) is 39.9 Å². The number of carbonyl (C=O) groups excluding carboxylic acids is 2. The number of benzene rings is 1. The fourth-order valence-corrected chi connectivity index (χ4v) is 6.46. The summed E-state index contributed by atoms with van der Waals surface area (Å²) in [7, 11) is 0. The van der Waals surface area contributed by atoms with E-state index >= 15 is 0 Å². The lowest BCUT2D eigenvalue weighted by Crippen LogP contribution is -2.49. The Labute approximate surface area is 244 Å². The van der Waals surface area contributed by atoms with Crippen molar-refractivity contribution in [2.45, 2.75) is 101 Å². The standard InChI is InChI=1S/C34H46N4O3/c1-19-16-24(33(6,7)8)28(25(17-19)34(9,10)11)41-31(40)26-23(18-35)27(20(2)39)38-30(26)36-29(37-38)21-12-14-22(15-13-21)32(3,4)5/h12-15,19,24-25,28H,16-17H2,1-11H3,(H,36,37). The number of ketones is 1. The number of Topliss-reactive ketones (excluding diaryl/α,β-unsaturated/α-hetero) is 1. The van der Waals surface area contributed by atoms with Gasteiger partial charge in [0, 0.05) is 24.3 Å². The highest BCUT2D eigenvalue weighted by atomic mass is 16.5. The molecule has 7 heteroatoms. The number of nitrogens with one attached hydrogen (secondary N) is 1. The largest absolute Gasteiger partial charge is 0.458 e. The molecule has 1 aromatic carbocycles. The van der Waals surface area contributed by atoms with Crippen LogP contribution in [0.4, 0.5) is 0 Å². The van der Waals surface area contributed by atoms with Crippen molar-refractivity contribution < 1.29 is 14.3 Å². The molecule has 1 fully saturated rings. The molecule has 2 heterocycles. The molecule has 4 rings (SSSR count). The molecule has 1 N–H and O–H groups in total. The maximum absolute atomic E-state index is 14.1. The first-order valence-electron chi connectivity index (χ1n) is 14.7. The number of hydrogen-bond donors (Lipinski definition) is 1. The molecule has 2 unspecified atom stereocenters. The molecule has 1 aliphatic carbocycles. The molecule has 41 heavy (non-hydrogen) atoms. The Morgan fingerprint density at radius 1 is 0.976 bits per heavy atom. The molecule has 1 aliphatic rings. The van der Waals surface area contributed by atoms with Crippen LogP contribution < -0.4 is 0 Å². The molecule has 1 saturated carbocycles. The van der Waals surface area contributed by atoms with Crippen molar-refractivity contribution in [3.63, 3.8) is 0 Å². The predicted octanol–water partition coefficient (Wildman–Crippen LogP) is 7.98. The Morgan fingerprint density at radius 3 is 1.95 bits per heavy atom. The first-order valence-corrected chi connectivity index (χ1v) is 14.7. The molecule has 0 saturated heterocycles. The molecule has 0 spiro atoms. The van der Waals surface area contributed by atoms with Gasteiger partial charge in [0.2, 0.25) is 0 Å². The number of aromatic nitrogens is 3. The van der Waals surface area contributed by atoms with Crippen molar-refractivity contribution in [2.24, 2.45) is 28.6 Å². The lowest BCUT2D eigenvalue weighted by Gasteiger charge is -2.50. The third kappa shape index (κ3) is 5.84. The van der Waals surface area contributed by atoms with Crippen LogP contribution in [0.1, 0.15) is 121 Å². The first-order chi connectivity index (χ1) is 18.8. The van der Waals surface area contributed by atoms with Crippen molar-refractivity contribution >= 4 is 17.4 Å². The van der Waals surface area contributed by atoms with Gasteiger partial charge in [0.05, 0.1) is 5.56 Å². The summed E-state index contributed by atoms with van der Waals surface area (Å²) in [5, 5.41) is 13.3. The topological polar surface area (TPSA) is 100 Å². The summed E-state index contributed by atoms with van der Waals surface area (Å²) in [6.45, 7) is 23.3. The van der Waals surface area contributed by atoms with Crippen LogP contribution >= 0.6 is 0 Å². The van der Waals surface area contributed by atoms with E-state index in [0.717, 1.165) is 18.4 Å². The Balaban J connectivity index is 1.83. The maximum Gasteiger partial charge on any atom is 0.343 e. The number of aromatic amines is 1. The Kier molecular flexibility index (Phi) is 7.79. The first kappa shape index (κ1) is 30.6. The smallest absolute Gasteiger partial charge is 0.343 e. The zero-order valence-electron chi connectivity index (χ0n) is 26.6. The van der Waals surface area contributed by atoms with Gasteiger partial charge in [0.25, 0.3) is 0 Å². The summed E-state index contributed by atoms with van der Waals surface area (Å²) in [6, 6.07) is 10.2. The van der Waals surface area contributed by atoms with Gasteiger partial charge in [-0.1, -0.05) is 93.5 Å². The van der Waals surface area contributed by atoms with Gasteiger partial charge in [-0.25, -0.2) is 14.3 Å². The molecule has 7 nitrogen and oxygen atoms in total. The molecule has 0 bridgehead atoms. The number of esters is 1. The highest BCUT2D eigenvalue weighted by Gasteiger charge is 2.48. The van der Waals surface area contributed by atoms with Crippen molar-refractivity contribution in [2.75, 3.05) is 0 Å². The summed E-state index contributed by atoms with van der Waals surface area (Å²) in [6.07, 6.45) is 1.59. The lowest BCUT2D eigenvalue weighted by atomic mass is 9.59. The minimum atomic E-state index is -0.601. The maximum atomic E-state index is 14.1. The summed E-state index contributed by atoms with van der Waals surface area (Å²) in [4.78, 5) is 31.7. The van der Waals surface area contributed by atoms with E-state index in [-0.39, 0.29) is 62.4 Å². The molecular formula is C34H46N4O3. The van der Waals surface area contributed by atoms with Crippen molar-refractivity contribution in [3.05, 3.63) is 46.6 Å². The van der Waals surface area contributed by atoms with E-state index in [4.69, 9.17) is 9.72 Å². The highest BCUT2D eigenvalue weighted by molar-refractivity contribution is 6.06. The van der Waals surface area contributed by atoms with Crippen molar-refractivity contribution in [1.82, 2.24) is 14.6 Å². The van der Waals surface area contributed by atoms with Crippen LogP contribution in [0.5, 0.6) is 0 Å². The van der Waals surface area contributed by atoms with Crippen LogP contribution in [-0.4, -0.2) is 32.5 Å². The van der Waals surface area contributed by atoms with E-state index < -0.39 is 5.97 Å². The molecule has 0 aliphatic heterocycles. The molecule has 2 aromatic heterocycles. The molecule has 3 aromatic rings. The van der Waals surface area contributed by atoms with Gasteiger partial charge >= 0.3 is 5.97 Å². The van der Waals surface area contributed by atoms with E-state index in [1.807, 2.05) is 12.1 Å². The second kappa shape index (κ2) is 10.5. The minimum absolute atomic E-state index is 0.000301. The summed E-state index contributed by atoms with van der Waals surface area (Å²) in [5.74, 6) is 0.374. The van der Waals surface area contributed by atoms with E-state index in [9.17, 15) is 14.9 Å². The highest BCUT2D eigenvalue weighted by Crippen LogP contribution is 2.50. The van der Waals surface area contributed by atoms with E-state index in [2.05, 4.69) is 92.5 Å². The SMILES string of the molecule is CC(=O)c1c(C#N)c(C(=O)OC2C(C(C)(C)C)CC(C)CC2C(C)(C)C)c2nc(-c3ccc(C(C)(C)C)cc3)[nH]n12. The molecule has 220 valence electrons. The van der Waals surface area contributed by atoms with Crippen LogP contribution in [0.15, 0.2) is 24.3 Å². The van der Waals surface area contributed by atoms with Crippen LogP contribution in [0.2, 0.25) is 0 Å². The Morgan fingerprint density at radius 2 is 1.51 bits per heavy atom. The van der Waals surface area contributed by atoms with E-state index in [1.165, 1.54) is 17.0 Å². The molecular weight excluding hydrogens is 512 g/mol. The Bertz CT molecular complexity index is 1470. The molecule has 0 radical (unpaired) electrons. The van der Waals surface area contributed by atoms with Gasteiger partial charge in [0.15, 0.2) is 17.3 Å². The molecule has 2 atom stereocenters. The normalized spacial score (nSPS) is 22.0. The minimum Gasteiger partial charge on any atom is -0.458 e. The second-order valence-electron chi connectivity index (χ2n) is 15.2. The van der Waals surface area contributed by atoms with Gasteiger partial charge in [-0.2, -0.15) is 5.26 Å². The molecule has 0 amide bonds.